The summed E-state index contributed by atoms with van der Waals surface area (Å²) in [6.45, 7) is 10.1. The highest BCUT2D eigenvalue weighted by atomic mass is 32.1. The number of hydrogen-bond donors (Lipinski definition) is 1. The Labute approximate surface area is 89.9 Å². The third kappa shape index (κ3) is 2.45. The molecule has 1 aromatic rings. The van der Waals surface area contributed by atoms with Crippen LogP contribution in [0.5, 0.6) is 0 Å². The molecule has 80 valence electrons. The zero-order valence-corrected chi connectivity index (χ0v) is 10.2. The highest BCUT2D eigenvalue weighted by molar-refractivity contribution is 7.15. The molecule has 0 fully saturated rings. The van der Waals surface area contributed by atoms with E-state index in [0.717, 1.165) is 17.4 Å². The molecule has 4 heteroatoms. The van der Waals surface area contributed by atoms with Crippen molar-refractivity contribution in [2.75, 3.05) is 18.0 Å². The van der Waals surface area contributed by atoms with E-state index in [1.54, 1.807) is 11.3 Å². The molecule has 0 bridgehead atoms. The largest absolute Gasteiger partial charge is 0.344 e. The molecule has 0 aromatic carbocycles. The van der Waals surface area contributed by atoms with Crippen molar-refractivity contribution in [1.29, 1.82) is 0 Å². The fraction of sp³-hybridized carbons (Fsp3) is 0.700. The molecular formula is C10H19N3S. The Bertz CT molecular complexity index is 274. The first-order valence-corrected chi connectivity index (χ1v) is 5.78. The van der Waals surface area contributed by atoms with Crippen LogP contribution in [-0.2, 0) is 0 Å². The third-order valence-electron chi connectivity index (χ3n) is 2.26. The minimum Gasteiger partial charge on any atom is -0.344 e. The van der Waals surface area contributed by atoms with Gasteiger partial charge in [-0.05, 0) is 27.7 Å². The van der Waals surface area contributed by atoms with Gasteiger partial charge in [-0.3, -0.25) is 0 Å². The van der Waals surface area contributed by atoms with E-state index in [1.165, 1.54) is 4.88 Å². The van der Waals surface area contributed by atoms with Gasteiger partial charge in [0.1, 0.15) is 0 Å². The minimum atomic E-state index is 0.462. The smallest absolute Gasteiger partial charge is 0.186 e. The topological polar surface area (TPSA) is 42.2 Å². The molecule has 0 atom stereocenters. The lowest BCUT2D eigenvalue weighted by Gasteiger charge is -2.25. The van der Waals surface area contributed by atoms with Gasteiger partial charge >= 0.3 is 0 Å². The van der Waals surface area contributed by atoms with E-state index in [9.17, 15) is 0 Å². The molecule has 1 aromatic heterocycles. The summed E-state index contributed by atoms with van der Waals surface area (Å²) in [7, 11) is 0. The molecule has 0 aliphatic rings. The first-order chi connectivity index (χ1) is 6.56. The quantitative estimate of drug-likeness (QED) is 0.831. The van der Waals surface area contributed by atoms with Crippen LogP contribution < -0.4 is 10.6 Å². The van der Waals surface area contributed by atoms with Crippen molar-refractivity contribution in [2.45, 2.75) is 33.7 Å². The van der Waals surface area contributed by atoms with Crippen molar-refractivity contribution in [2.24, 2.45) is 5.73 Å². The molecule has 0 unspecified atom stereocenters. The normalized spacial score (nSPS) is 11.0. The number of anilines is 1. The number of thiazole rings is 1. The Balaban J connectivity index is 2.87. The van der Waals surface area contributed by atoms with E-state index in [-0.39, 0.29) is 0 Å². The van der Waals surface area contributed by atoms with Crippen LogP contribution in [0.2, 0.25) is 0 Å². The van der Waals surface area contributed by atoms with Crippen molar-refractivity contribution in [3.63, 3.8) is 0 Å². The summed E-state index contributed by atoms with van der Waals surface area (Å²) in [5.74, 6) is 0. The van der Waals surface area contributed by atoms with E-state index in [4.69, 9.17) is 5.73 Å². The van der Waals surface area contributed by atoms with Gasteiger partial charge in [0.25, 0.3) is 0 Å². The molecule has 0 aliphatic carbocycles. The van der Waals surface area contributed by atoms with Crippen LogP contribution in [0.1, 0.15) is 24.4 Å². The van der Waals surface area contributed by atoms with Gasteiger partial charge in [-0.1, -0.05) is 0 Å². The Hall–Kier alpha value is -0.610. The zero-order chi connectivity index (χ0) is 10.7. The van der Waals surface area contributed by atoms with Crippen molar-refractivity contribution in [1.82, 2.24) is 4.98 Å². The molecule has 1 heterocycles. The van der Waals surface area contributed by atoms with Crippen molar-refractivity contribution in [3.8, 4) is 0 Å². The fourth-order valence-electron chi connectivity index (χ4n) is 1.29. The van der Waals surface area contributed by atoms with E-state index < -0.39 is 0 Å². The number of aryl methyl sites for hydroxylation is 2. The molecule has 14 heavy (non-hydrogen) atoms. The van der Waals surface area contributed by atoms with Crippen LogP contribution >= 0.6 is 11.3 Å². The number of rotatable bonds is 4. The lowest BCUT2D eigenvalue weighted by atomic mass is 10.3. The lowest BCUT2D eigenvalue weighted by Crippen LogP contribution is -2.35. The summed E-state index contributed by atoms with van der Waals surface area (Å²) >= 11 is 1.75. The number of hydrogen-bond acceptors (Lipinski definition) is 4. The van der Waals surface area contributed by atoms with E-state index in [2.05, 4.69) is 37.6 Å². The second-order valence-corrected chi connectivity index (χ2v) is 4.90. The van der Waals surface area contributed by atoms with E-state index >= 15 is 0 Å². The zero-order valence-electron chi connectivity index (χ0n) is 9.37. The molecule has 0 amide bonds. The fourth-order valence-corrected chi connectivity index (χ4v) is 2.36. The van der Waals surface area contributed by atoms with Crippen molar-refractivity contribution < 1.29 is 0 Å². The van der Waals surface area contributed by atoms with Gasteiger partial charge < -0.3 is 10.6 Å². The van der Waals surface area contributed by atoms with E-state index in [0.29, 0.717) is 12.6 Å². The number of nitrogens with zero attached hydrogens (tertiary/aromatic N) is 2. The van der Waals surface area contributed by atoms with Gasteiger partial charge in [-0.15, -0.1) is 11.3 Å². The molecule has 1 rings (SSSR count). The van der Waals surface area contributed by atoms with Crippen molar-refractivity contribution >= 4 is 16.5 Å². The summed E-state index contributed by atoms with van der Waals surface area (Å²) in [5.41, 5.74) is 6.72. The minimum absolute atomic E-state index is 0.462. The van der Waals surface area contributed by atoms with Gasteiger partial charge in [0.05, 0.1) is 5.69 Å². The lowest BCUT2D eigenvalue weighted by molar-refractivity contribution is 0.681. The van der Waals surface area contributed by atoms with Gasteiger partial charge in [0.15, 0.2) is 5.13 Å². The molecule has 0 aliphatic heterocycles. The first kappa shape index (κ1) is 11.5. The summed E-state index contributed by atoms with van der Waals surface area (Å²) in [6, 6.07) is 0.462. The molecule has 2 N–H and O–H groups in total. The highest BCUT2D eigenvalue weighted by Crippen LogP contribution is 2.26. The van der Waals surface area contributed by atoms with Gasteiger partial charge in [-0.2, -0.15) is 0 Å². The van der Waals surface area contributed by atoms with E-state index in [1.807, 2.05) is 0 Å². The molecular weight excluding hydrogens is 194 g/mol. The van der Waals surface area contributed by atoms with Crippen LogP contribution in [0.15, 0.2) is 0 Å². The maximum Gasteiger partial charge on any atom is 0.186 e. The summed E-state index contributed by atoms with van der Waals surface area (Å²) in [6.07, 6.45) is 0. The predicted octanol–water partition coefficient (Wildman–Crippen LogP) is 1.93. The van der Waals surface area contributed by atoms with Crippen LogP contribution in [0.3, 0.4) is 0 Å². The maximum atomic E-state index is 5.58. The standard InChI is InChI=1S/C10H19N3S/c1-7(2)13(6-5-11)10-12-8(3)9(4)14-10/h7H,5-6,11H2,1-4H3. The van der Waals surface area contributed by atoms with Crippen molar-refractivity contribution in [3.05, 3.63) is 10.6 Å². The second kappa shape index (κ2) is 4.75. The Morgan fingerprint density at radius 3 is 2.43 bits per heavy atom. The average molecular weight is 213 g/mol. The van der Waals surface area contributed by atoms with Crippen LogP contribution in [0, 0.1) is 13.8 Å². The maximum absolute atomic E-state index is 5.58. The Morgan fingerprint density at radius 1 is 1.43 bits per heavy atom. The van der Waals surface area contributed by atoms with Gasteiger partial charge in [0.2, 0.25) is 0 Å². The molecule has 0 saturated carbocycles. The summed E-state index contributed by atoms with van der Waals surface area (Å²) < 4.78 is 0. The molecule has 0 spiro atoms. The number of aromatic nitrogens is 1. The number of nitrogens with two attached hydrogens (primary N) is 1. The third-order valence-corrected chi connectivity index (χ3v) is 3.37. The summed E-state index contributed by atoms with van der Waals surface area (Å²) in [5, 5.41) is 1.10. The molecule has 0 saturated heterocycles. The monoisotopic (exact) mass is 213 g/mol. The molecule has 0 radical (unpaired) electrons. The highest BCUT2D eigenvalue weighted by Gasteiger charge is 2.14. The Kier molecular flexibility index (Phi) is 3.89. The van der Waals surface area contributed by atoms with Crippen LogP contribution in [0.4, 0.5) is 5.13 Å². The van der Waals surface area contributed by atoms with Crippen LogP contribution in [0.25, 0.3) is 0 Å². The second-order valence-electron chi connectivity index (χ2n) is 3.71. The molecule has 3 nitrogen and oxygen atoms in total. The SMILES string of the molecule is Cc1nc(N(CCN)C(C)C)sc1C. The Morgan fingerprint density at radius 2 is 2.07 bits per heavy atom. The predicted molar refractivity (Wildman–Crippen MR) is 63.1 cm³/mol. The van der Waals surface area contributed by atoms with Crippen LogP contribution in [-0.4, -0.2) is 24.1 Å². The summed E-state index contributed by atoms with van der Waals surface area (Å²) in [4.78, 5) is 8.09. The average Bonchev–Trinajstić information content (AvgIpc) is 2.42. The van der Waals surface area contributed by atoms with Gasteiger partial charge in [0, 0.05) is 24.0 Å². The van der Waals surface area contributed by atoms with Gasteiger partial charge in [-0.25, -0.2) is 4.98 Å². The first-order valence-electron chi connectivity index (χ1n) is 4.97.